The van der Waals surface area contributed by atoms with Crippen molar-refractivity contribution in [2.24, 2.45) is 5.73 Å². The van der Waals surface area contributed by atoms with Crippen LogP contribution in [-0.2, 0) is 6.18 Å². The molecule has 1 unspecified atom stereocenters. The Morgan fingerprint density at radius 2 is 2.11 bits per heavy atom. The Balaban J connectivity index is 2.32. The van der Waals surface area contributed by atoms with Crippen LogP contribution in [0.4, 0.5) is 13.2 Å². The van der Waals surface area contributed by atoms with Crippen LogP contribution in [0.3, 0.4) is 0 Å². The van der Waals surface area contributed by atoms with E-state index >= 15 is 0 Å². The van der Waals surface area contributed by atoms with Crippen LogP contribution in [0, 0.1) is 6.92 Å². The Morgan fingerprint density at radius 1 is 1.44 bits per heavy atom. The quantitative estimate of drug-likeness (QED) is 0.901. The first-order valence-corrected chi connectivity index (χ1v) is 6.90. The smallest absolute Gasteiger partial charge is 0.319 e. The van der Waals surface area contributed by atoms with Crippen LogP contribution in [0.1, 0.15) is 26.4 Å². The van der Waals surface area contributed by atoms with E-state index in [1.54, 1.807) is 0 Å². The summed E-state index contributed by atoms with van der Waals surface area (Å²) in [5.74, 6) is 0. The number of thiazole rings is 1. The molecule has 2 heterocycles. The van der Waals surface area contributed by atoms with Gasteiger partial charge in [0.1, 0.15) is 0 Å². The molecule has 2 aromatic heterocycles. The summed E-state index contributed by atoms with van der Waals surface area (Å²) in [6.07, 6.45) is -3.28. The lowest BCUT2D eigenvalue weighted by Gasteiger charge is -2.07. The third kappa shape index (κ3) is 2.54. The lowest BCUT2D eigenvalue weighted by molar-refractivity contribution is -0.137. The normalized spacial score (nSPS) is 13.9. The summed E-state index contributed by atoms with van der Waals surface area (Å²) < 4.78 is 37.3. The Morgan fingerprint density at radius 3 is 2.56 bits per heavy atom. The van der Waals surface area contributed by atoms with E-state index in [2.05, 4.69) is 4.98 Å². The van der Waals surface area contributed by atoms with Crippen molar-refractivity contribution in [3.63, 3.8) is 0 Å². The standard InChI is InChI=1S/C10H8ClF3N2S2/c1-4-3-17-8(6(4)11)7(15)5-2-16-9(18-5)10(12,13)14/h2-3,7H,15H2,1H3. The van der Waals surface area contributed by atoms with Gasteiger partial charge in [0.05, 0.1) is 11.1 Å². The topological polar surface area (TPSA) is 38.9 Å². The molecule has 0 aliphatic heterocycles. The van der Waals surface area contributed by atoms with Gasteiger partial charge in [0.2, 0.25) is 0 Å². The molecular formula is C10H8ClF3N2S2. The minimum atomic E-state index is -4.43. The van der Waals surface area contributed by atoms with Gasteiger partial charge in [0.25, 0.3) is 0 Å². The first-order valence-electron chi connectivity index (χ1n) is 4.82. The van der Waals surface area contributed by atoms with Gasteiger partial charge in [-0.15, -0.1) is 22.7 Å². The van der Waals surface area contributed by atoms with Crippen molar-refractivity contribution in [1.82, 2.24) is 4.98 Å². The van der Waals surface area contributed by atoms with Crippen molar-refractivity contribution in [2.45, 2.75) is 19.1 Å². The number of halogens is 4. The molecule has 0 spiro atoms. The van der Waals surface area contributed by atoms with E-state index in [4.69, 9.17) is 17.3 Å². The van der Waals surface area contributed by atoms with Gasteiger partial charge in [-0.25, -0.2) is 4.98 Å². The summed E-state index contributed by atoms with van der Waals surface area (Å²) in [7, 11) is 0. The fourth-order valence-electron chi connectivity index (χ4n) is 1.35. The maximum absolute atomic E-state index is 12.4. The van der Waals surface area contributed by atoms with Crippen molar-refractivity contribution >= 4 is 34.3 Å². The van der Waals surface area contributed by atoms with Gasteiger partial charge in [-0.05, 0) is 17.9 Å². The van der Waals surface area contributed by atoms with E-state index in [1.807, 2.05) is 12.3 Å². The average molecular weight is 313 g/mol. The molecule has 2 aromatic rings. The van der Waals surface area contributed by atoms with E-state index in [-0.39, 0.29) is 0 Å². The van der Waals surface area contributed by atoms with Gasteiger partial charge in [0, 0.05) is 16.0 Å². The molecule has 2 rings (SSSR count). The highest BCUT2D eigenvalue weighted by Gasteiger charge is 2.35. The summed E-state index contributed by atoms with van der Waals surface area (Å²) in [4.78, 5) is 4.36. The van der Waals surface area contributed by atoms with Gasteiger partial charge < -0.3 is 5.73 Å². The second kappa shape index (κ2) is 4.80. The third-order valence-corrected chi connectivity index (χ3v) is 5.20. The molecule has 0 saturated carbocycles. The van der Waals surface area contributed by atoms with Crippen LogP contribution < -0.4 is 5.73 Å². The summed E-state index contributed by atoms with van der Waals surface area (Å²) in [6.45, 7) is 1.82. The SMILES string of the molecule is Cc1csc(C(N)c2cnc(C(F)(F)F)s2)c1Cl. The van der Waals surface area contributed by atoms with E-state index in [9.17, 15) is 13.2 Å². The molecule has 0 aliphatic carbocycles. The molecule has 0 radical (unpaired) electrons. The fourth-order valence-corrected chi connectivity index (χ4v) is 3.55. The van der Waals surface area contributed by atoms with Crippen LogP contribution in [0.2, 0.25) is 5.02 Å². The highest BCUT2D eigenvalue weighted by molar-refractivity contribution is 7.13. The van der Waals surface area contributed by atoms with Crippen LogP contribution in [0.15, 0.2) is 11.6 Å². The molecule has 2 nitrogen and oxygen atoms in total. The first kappa shape index (κ1) is 13.8. The monoisotopic (exact) mass is 312 g/mol. The molecule has 0 bridgehead atoms. The van der Waals surface area contributed by atoms with E-state index in [0.717, 1.165) is 11.8 Å². The predicted octanol–water partition coefficient (Wildman–Crippen LogP) is 4.23. The van der Waals surface area contributed by atoms with Crippen molar-refractivity contribution < 1.29 is 13.2 Å². The number of hydrogen-bond donors (Lipinski definition) is 1. The number of nitrogens with zero attached hydrogens (tertiary/aromatic N) is 1. The fraction of sp³-hybridized carbons (Fsp3) is 0.300. The second-order valence-corrected chi connectivity index (χ2v) is 5.99. The Labute approximate surface area is 114 Å². The van der Waals surface area contributed by atoms with Gasteiger partial charge in [-0.1, -0.05) is 11.6 Å². The molecule has 18 heavy (non-hydrogen) atoms. The zero-order valence-electron chi connectivity index (χ0n) is 9.08. The van der Waals surface area contributed by atoms with E-state index in [1.165, 1.54) is 11.3 Å². The minimum absolute atomic E-state index is 0.353. The first-order chi connectivity index (χ1) is 8.30. The zero-order valence-corrected chi connectivity index (χ0v) is 11.5. The molecule has 8 heteroatoms. The maximum Gasteiger partial charge on any atom is 0.443 e. The van der Waals surface area contributed by atoms with Gasteiger partial charge >= 0.3 is 6.18 Å². The van der Waals surface area contributed by atoms with Crippen LogP contribution >= 0.6 is 34.3 Å². The average Bonchev–Trinajstić information content (AvgIpc) is 2.86. The largest absolute Gasteiger partial charge is 0.443 e. The molecule has 1 atom stereocenters. The van der Waals surface area contributed by atoms with Gasteiger partial charge in [0.15, 0.2) is 5.01 Å². The number of aromatic nitrogens is 1. The zero-order chi connectivity index (χ0) is 13.5. The highest BCUT2D eigenvalue weighted by atomic mass is 35.5. The summed E-state index contributed by atoms with van der Waals surface area (Å²) in [5.41, 5.74) is 6.78. The van der Waals surface area contributed by atoms with Gasteiger partial charge in [-0.3, -0.25) is 0 Å². The van der Waals surface area contributed by atoms with Crippen molar-refractivity contribution in [3.8, 4) is 0 Å². The number of rotatable bonds is 2. The molecule has 0 aromatic carbocycles. The molecule has 0 aliphatic rings. The summed E-state index contributed by atoms with van der Waals surface area (Å²) >= 11 is 7.93. The molecule has 98 valence electrons. The predicted molar refractivity (Wildman–Crippen MR) is 67.2 cm³/mol. The van der Waals surface area contributed by atoms with Crippen LogP contribution in [-0.4, -0.2) is 4.98 Å². The van der Waals surface area contributed by atoms with Crippen molar-refractivity contribution in [1.29, 1.82) is 0 Å². The van der Waals surface area contributed by atoms with Gasteiger partial charge in [-0.2, -0.15) is 13.2 Å². The number of nitrogens with two attached hydrogens (primary N) is 1. The van der Waals surface area contributed by atoms with Crippen LogP contribution in [0.25, 0.3) is 0 Å². The third-order valence-electron chi connectivity index (χ3n) is 2.28. The second-order valence-electron chi connectivity index (χ2n) is 3.64. The summed E-state index contributed by atoms with van der Waals surface area (Å²) in [6, 6.07) is -0.662. The van der Waals surface area contributed by atoms with E-state index in [0.29, 0.717) is 26.1 Å². The lowest BCUT2D eigenvalue weighted by atomic mass is 10.2. The van der Waals surface area contributed by atoms with Crippen molar-refractivity contribution in [2.75, 3.05) is 0 Å². The molecule has 0 saturated heterocycles. The van der Waals surface area contributed by atoms with Crippen molar-refractivity contribution in [3.05, 3.63) is 36.9 Å². The summed E-state index contributed by atoms with van der Waals surface area (Å²) in [5, 5.41) is 1.44. The number of thiophene rings is 1. The minimum Gasteiger partial charge on any atom is -0.319 e. The maximum atomic E-state index is 12.4. The Kier molecular flexibility index (Phi) is 3.68. The highest BCUT2D eigenvalue weighted by Crippen LogP contribution is 2.39. The number of alkyl halides is 3. The van der Waals surface area contributed by atoms with E-state index < -0.39 is 17.2 Å². The number of hydrogen-bond acceptors (Lipinski definition) is 4. The molecule has 0 fully saturated rings. The lowest BCUT2D eigenvalue weighted by Crippen LogP contribution is -2.09. The van der Waals surface area contributed by atoms with Crippen LogP contribution in [0.5, 0.6) is 0 Å². The molecular weight excluding hydrogens is 305 g/mol. The molecule has 2 N–H and O–H groups in total. The molecule has 0 amide bonds. The Bertz CT molecular complexity index is 562. The number of aryl methyl sites for hydroxylation is 1. The Hall–Kier alpha value is -0.630.